The quantitative estimate of drug-likeness (QED) is 0.578. The van der Waals surface area contributed by atoms with Gasteiger partial charge >= 0.3 is 6.03 Å². The monoisotopic (exact) mass is 404 g/mol. The van der Waals surface area contributed by atoms with E-state index in [2.05, 4.69) is 10.6 Å². The van der Waals surface area contributed by atoms with Gasteiger partial charge in [-0.2, -0.15) is 4.31 Å². The average molecular weight is 404 g/mol. The second-order valence-corrected chi connectivity index (χ2v) is 7.57. The van der Waals surface area contributed by atoms with Crippen LogP contribution in [0.4, 0.5) is 4.79 Å². The summed E-state index contributed by atoms with van der Waals surface area (Å²) in [6.07, 6.45) is -1.84. The van der Waals surface area contributed by atoms with E-state index < -0.39 is 34.0 Å². The van der Waals surface area contributed by atoms with Crippen molar-refractivity contribution in [1.29, 1.82) is 0 Å². The lowest BCUT2D eigenvalue weighted by molar-refractivity contribution is -0.130. The van der Waals surface area contributed by atoms with Crippen molar-refractivity contribution in [3.05, 3.63) is 66.2 Å². The SMILES string of the molecule is CC(=O)NC(C(=O)NCc1ccccc1)N(C(N)=O)S(=O)(=O)c1ccccc1. The molecule has 1 unspecified atom stereocenters. The topological polar surface area (TPSA) is 139 Å². The molecule has 0 heterocycles. The van der Waals surface area contributed by atoms with Crippen LogP contribution in [0.25, 0.3) is 0 Å². The van der Waals surface area contributed by atoms with Crippen LogP contribution in [0.5, 0.6) is 0 Å². The van der Waals surface area contributed by atoms with Gasteiger partial charge in [-0.25, -0.2) is 13.2 Å². The number of primary amides is 1. The third kappa shape index (κ3) is 5.07. The van der Waals surface area contributed by atoms with Gasteiger partial charge in [-0.15, -0.1) is 0 Å². The molecule has 0 saturated carbocycles. The maximum atomic E-state index is 12.9. The van der Waals surface area contributed by atoms with Crippen molar-refractivity contribution < 1.29 is 22.8 Å². The van der Waals surface area contributed by atoms with Crippen LogP contribution in [-0.4, -0.2) is 36.7 Å². The minimum absolute atomic E-state index is 0.0632. The van der Waals surface area contributed by atoms with Gasteiger partial charge in [0, 0.05) is 13.5 Å². The number of nitrogens with two attached hydrogens (primary N) is 1. The predicted molar refractivity (Wildman–Crippen MR) is 101 cm³/mol. The van der Waals surface area contributed by atoms with Crippen LogP contribution in [0.3, 0.4) is 0 Å². The Kier molecular flexibility index (Phi) is 6.72. The van der Waals surface area contributed by atoms with Gasteiger partial charge in [0.2, 0.25) is 12.1 Å². The molecular formula is C18H20N4O5S. The van der Waals surface area contributed by atoms with E-state index in [1.807, 2.05) is 0 Å². The number of urea groups is 1. The number of amides is 4. The first-order chi connectivity index (χ1) is 13.2. The van der Waals surface area contributed by atoms with Crippen LogP contribution in [0.2, 0.25) is 0 Å². The van der Waals surface area contributed by atoms with E-state index in [-0.39, 0.29) is 15.7 Å². The summed E-state index contributed by atoms with van der Waals surface area (Å²) in [6.45, 7) is 1.15. The minimum atomic E-state index is -4.49. The molecule has 10 heteroatoms. The number of nitrogens with one attached hydrogen (secondary N) is 2. The van der Waals surface area contributed by atoms with Gasteiger partial charge < -0.3 is 16.4 Å². The van der Waals surface area contributed by atoms with E-state index >= 15 is 0 Å². The van der Waals surface area contributed by atoms with Gasteiger partial charge in [0.25, 0.3) is 15.9 Å². The molecule has 0 radical (unpaired) electrons. The summed E-state index contributed by atoms with van der Waals surface area (Å²) in [5.74, 6) is -1.62. The Morgan fingerprint density at radius 2 is 1.54 bits per heavy atom. The fraction of sp³-hybridized carbons (Fsp3) is 0.167. The molecule has 0 aromatic heterocycles. The predicted octanol–water partition coefficient (Wildman–Crippen LogP) is 0.535. The number of carbonyl (C=O) groups excluding carboxylic acids is 3. The standard InChI is InChI=1S/C18H20N4O5S/c1-13(23)21-16(17(24)20-12-14-8-4-2-5-9-14)22(18(19)25)28(26,27)15-10-6-3-7-11-15/h2-11,16H,12H2,1H3,(H2,19,25)(H,20,24)(H,21,23). The highest BCUT2D eigenvalue weighted by Gasteiger charge is 2.39. The zero-order chi connectivity index (χ0) is 20.7. The second kappa shape index (κ2) is 9.00. The third-order valence-corrected chi connectivity index (χ3v) is 5.43. The van der Waals surface area contributed by atoms with Crippen molar-refractivity contribution in [2.75, 3.05) is 0 Å². The first kappa shape index (κ1) is 20.9. The molecule has 0 spiro atoms. The Morgan fingerprint density at radius 1 is 1.00 bits per heavy atom. The van der Waals surface area contributed by atoms with Crippen molar-refractivity contribution in [2.45, 2.75) is 24.5 Å². The number of nitrogens with zero attached hydrogens (tertiary/aromatic N) is 1. The molecule has 0 aliphatic carbocycles. The van der Waals surface area contributed by atoms with Crippen LogP contribution < -0.4 is 16.4 Å². The fourth-order valence-electron chi connectivity index (χ4n) is 2.40. The maximum Gasteiger partial charge on any atom is 0.331 e. The van der Waals surface area contributed by atoms with Gasteiger partial charge in [0.05, 0.1) is 4.90 Å². The van der Waals surface area contributed by atoms with Crippen molar-refractivity contribution in [3.63, 3.8) is 0 Å². The Bertz CT molecular complexity index is 948. The number of sulfonamides is 1. The van der Waals surface area contributed by atoms with E-state index in [0.717, 1.165) is 12.5 Å². The van der Waals surface area contributed by atoms with Gasteiger partial charge in [-0.05, 0) is 17.7 Å². The van der Waals surface area contributed by atoms with Gasteiger partial charge in [-0.1, -0.05) is 48.5 Å². The molecule has 28 heavy (non-hydrogen) atoms. The van der Waals surface area contributed by atoms with Crippen molar-refractivity contribution >= 4 is 27.9 Å². The van der Waals surface area contributed by atoms with Crippen LogP contribution in [0, 0.1) is 0 Å². The van der Waals surface area contributed by atoms with E-state index in [0.29, 0.717) is 0 Å². The molecule has 148 valence electrons. The van der Waals surface area contributed by atoms with E-state index in [1.165, 1.54) is 24.3 Å². The Labute approximate surface area is 162 Å². The summed E-state index contributed by atoms with van der Waals surface area (Å²) in [7, 11) is -4.49. The van der Waals surface area contributed by atoms with E-state index in [1.54, 1.807) is 36.4 Å². The summed E-state index contributed by atoms with van der Waals surface area (Å²) in [6, 6.07) is 14.4. The van der Waals surface area contributed by atoms with Crippen LogP contribution >= 0.6 is 0 Å². The van der Waals surface area contributed by atoms with Crippen LogP contribution in [0.1, 0.15) is 12.5 Å². The molecule has 2 rings (SSSR count). The lowest BCUT2D eigenvalue weighted by atomic mass is 10.2. The fourth-order valence-corrected chi connectivity index (χ4v) is 3.79. The second-order valence-electron chi connectivity index (χ2n) is 5.76. The molecule has 2 aromatic rings. The van der Waals surface area contributed by atoms with Crippen LogP contribution in [0.15, 0.2) is 65.6 Å². The normalized spacial score (nSPS) is 11.9. The molecule has 1 atom stereocenters. The van der Waals surface area contributed by atoms with Crippen molar-refractivity contribution in [1.82, 2.24) is 14.9 Å². The van der Waals surface area contributed by atoms with E-state index in [4.69, 9.17) is 5.73 Å². The zero-order valence-electron chi connectivity index (χ0n) is 15.0. The number of rotatable bonds is 7. The highest BCUT2D eigenvalue weighted by atomic mass is 32.2. The van der Waals surface area contributed by atoms with Crippen molar-refractivity contribution in [2.24, 2.45) is 5.73 Å². The molecule has 4 N–H and O–H groups in total. The highest BCUT2D eigenvalue weighted by molar-refractivity contribution is 7.89. The lowest BCUT2D eigenvalue weighted by Gasteiger charge is -2.28. The smallest absolute Gasteiger partial charge is 0.331 e. The average Bonchev–Trinajstić information content (AvgIpc) is 2.66. The highest BCUT2D eigenvalue weighted by Crippen LogP contribution is 2.17. The summed E-state index contributed by atoms with van der Waals surface area (Å²) in [4.78, 5) is 35.9. The summed E-state index contributed by atoms with van der Waals surface area (Å²) in [5, 5.41) is 4.66. The number of carbonyl (C=O) groups is 3. The van der Waals surface area contributed by atoms with E-state index in [9.17, 15) is 22.8 Å². The molecule has 0 bridgehead atoms. The minimum Gasteiger partial charge on any atom is -0.351 e. The molecule has 4 amide bonds. The van der Waals surface area contributed by atoms with Gasteiger partial charge in [-0.3, -0.25) is 9.59 Å². The van der Waals surface area contributed by atoms with Crippen molar-refractivity contribution in [3.8, 4) is 0 Å². The maximum absolute atomic E-state index is 12.9. The molecule has 0 saturated heterocycles. The molecule has 9 nitrogen and oxygen atoms in total. The van der Waals surface area contributed by atoms with Gasteiger partial charge in [0.15, 0.2) is 0 Å². The summed E-state index contributed by atoms with van der Waals surface area (Å²) in [5.41, 5.74) is 6.00. The molecule has 0 aliphatic heterocycles. The zero-order valence-corrected chi connectivity index (χ0v) is 15.8. The Balaban J connectivity index is 2.35. The lowest BCUT2D eigenvalue weighted by Crippen LogP contribution is -2.61. The first-order valence-corrected chi connectivity index (χ1v) is 9.65. The first-order valence-electron chi connectivity index (χ1n) is 8.21. The largest absolute Gasteiger partial charge is 0.351 e. The summed E-state index contributed by atoms with van der Waals surface area (Å²) < 4.78 is 25.9. The summed E-state index contributed by atoms with van der Waals surface area (Å²) >= 11 is 0. The van der Waals surface area contributed by atoms with Gasteiger partial charge in [0.1, 0.15) is 0 Å². The molecule has 0 aliphatic rings. The molecule has 2 aromatic carbocycles. The molecule has 0 fully saturated rings. The number of hydrogen-bond donors (Lipinski definition) is 3. The van der Waals surface area contributed by atoms with Crippen LogP contribution in [-0.2, 0) is 26.2 Å². The number of hydrogen-bond acceptors (Lipinski definition) is 5. The third-order valence-electron chi connectivity index (χ3n) is 3.65. The molecular weight excluding hydrogens is 384 g/mol. The Morgan fingerprint density at radius 3 is 2.04 bits per heavy atom. The number of benzene rings is 2. The Hall–Kier alpha value is -3.40.